The van der Waals surface area contributed by atoms with Gasteiger partial charge in [0.15, 0.2) is 0 Å². The van der Waals surface area contributed by atoms with Gasteiger partial charge in [-0.2, -0.15) is 5.10 Å². The number of halogens is 1. The van der Waals surface area contributed by atoms with Crippen molar-refractivity contribution in [2.75, 3.05) is 5.32 Å². The van der Waals surface area contributed by atoms with Crippen molar-refractivity contribution in [1.29, 1.82) is 0 Å². The van der Waals surface area contributed by atoms with Crippen molar-refractivity contribution in [1.82, 2.24) is 5.43 Å². The zero-order valence-electron chi connectivity index (χ0n) is 15.0. The molecule has 26 heavy (non-hydrogen) atoms. The summed E-state index contributed by atoms with van der Waals surface area (Å²) in [5.41, 5.74) is 5.43. The summed E-state index contributed by atoms with van der Waals surface area (Å²) in [6, 6.07) is 14.9. The second-order valence-electron chi connectivity index (χ2n) is 6.26. The third-order valence-corrected chi connectivity index (χ3v) is 4.45. The molecule has 2 aromatic rings. The Kier molecular flexibility index (Phi) is 7.32. The molecule has 0 unspecified atom stereocenters. The lowest BCUT2D eigenvalue weighted by molar-refractivity contribution is -0.115. The number of hydrogen-bond acceptors (Lipinski definition) is 3. The van der Waals surface area contributed by atoms with Crippen LogP contribution in [0.1, 0.15) is 49.0 Å². The van der Waals surface area contributed by atoms with Crippen molar-refractivity contribution < 1.29 is 9.59 Å². The molecular weight excluding hydrogens is 441 g/mol. The van der Waals surface area contributed by atoms with Crippen molar-refractivity contribution in [2.45, 2.75) is 33.1 Å². The molecule has 0 heterocycles. The van der Waals surface area contributed by atoms with Crippen LogP contribution in [-0.2, 0) is 4.79 Å². The molecule has 0 aliphatic rings. The van der Waals surface area contributed by atoms with Crippen molar-refractivity contribution >= 4 is 45.8 Å². The van der Waals surface area contributed by atoms with Gasteiger partial charge < -0.3 is 5.32 Å². The Labute approximate surface area is 167 Å². The van der Waals surface area contributed by atoms with Gasteiger partial charge in [-0.05, 0) is 71.3 Å². The fourth-order valence-electron chi connectivity index (χ4n) is 2.39. The molecule has 0 saturated carbocycles. The van der Waals surface area contributed by atoms with E-state index in [1.807, 2.05) is 36.4 Å². The van der Waals surface area contributed by atoms with E-state index in [-0.39, 0.29) is 18.2 Å². The first-order chi connectivity index (χ1) is 12.4. The normalized spacial score (nSPS) is 11.3. The second-order valence-corrected chi connectivity index (χ2v) is 7.51. The van der Waals surface area contributed by atoms with Gasteiger partial charge in [0.2, 0.25) is 5.91 Å². The van der Waals surface area contributed by atoms with Crippen LogP contribution >= 0.6 is 22.6 Å². The first-order valence-corrected chi connectivity index (χ1v) is 9.42. The Hall–Kier alpha value is -2.22. The maximum Gasteiger partial charge on any atom is 0.271 e. The summed E-state index contributed by atoms with van der Waals surface area (Å²) in [7, 11) is 0. The molecule has 0 aliphatic heterocycles. The van der Waals surface area contributed by atoms with Crippen LogP contribution in [-0.4, -0.2) is 17.5 Å². The van der Waals surface area contributed by atoms with Crippen LogP contribution in [0.25, 0.3) is 0 Å². The molecule has 0 radical (unpaired) electrons. The van der Waals surface area contributed by atoms with Gasteiger partial charge in [0, 0.05) is 20.5 Å². The molecule has 6 heteroatoms. The molecule has 0 spiro atoms. The standard InChI is InChI=1S/C20H22IN3O2/c1-13(2)17-6-4-5-7-18(17)22-19(25)12-14(3)23-24-20(26)15-8-10-16(21)11-9-15/h4-11,13H,12H2,1-3H3,(H,22,25)(H,24,26). The van der Waals surface area contributed by atoms with Crippen LogP contribution in [0.5, 0.6) is 0 Å². The molecule has 136 valence electrons. The minimum Gasteiger partial charge on any atom is -0.325 e. The minimum absolute atomic E-state index is 0.111. The lowest BCUT2D eigenvalue weighted by Crippen LogP contribution is -2.21. The summed E-state index contributed by atoms with van der Waals surface area (Å²) in [5, 5.41) is 6.93. The number of amides is 2. The van der Waals surface area contributed by atoms with Gasteiger partial charge in [-0.25, -0.2) is 5.43 Å². The number of hydrogen-bond donors (Lipinski definition) is 2. The molecule has 0 atom stereocenters. The number of carbonyl (C=O) groups is 2. The highest BCUT2D eigenvalue weighted by molar-refractivity contribution is 14.1. The van der Waals surface area contributed by atoms with Gasteiger partial charge in [0.25, 0.3) is 5.91 Å². The van der Waals surface area contributed by atoms with E-state index in [1.165, 1.54) is 0 Å². The number of para-hydroxylation sites is 1. The van der Waals surface area contributed by atoms with Crippen LogP contribution in [0.15, 0.2) is 53.6 Å². The number of rotatable bonds is 6. The fraction of sp³-hybridized carbons (Fsp3) is 0.250. The van der Waals surface area contributed by atoms with Gasteiger partial charge in [0.1, 0.15) is 0 Å². The van der Waals surface area contributed by atoms with Crippen LogP contribution in [0, 0.1) is 3.57 Å². The summed E-state index contributed by atoms with van der Waals surface area (Å²) in [5.74, 6) is -0.149. The number of benzene rings is 2. The summed E-state index contributed by atoms with van der Waals surface area (Å²) < 4.78 is 1.05. The smallest absolute Gasteiger partial charge is 0.271 e. The number of carbonyl (C=O) groups excluding carboxylic acids is 2. The summed E-state index contributed by atoms with van der Waals surface area (Å²) in [4.78, 5) is 24.3. The Balaban J connectivity index is 1.93. The van der Waals surface area contributed by atoms with E-state index in [2.05, 4.69) is 52.3 Å². The number of nitrogens with one attached hydrogen (secondary N) is 2. The number of hydrazone groups is 1. The largest absolute Gasteiger partial charge is 0.325 e. The Morgan fingerprint density at radius 1 is 1.08 bits per heavy atom. The van der Waals surface area contributed by atoms with Crippen LogP contribution in [0.3, 0.4) is 0 Å². The van der Waals surface area contributed by atoms with E-state index in [0.29, 0.717) is 17.2 Å². The van der Waals surface area contributed by atoms with Gasteiger partial charge in [-0.1, -0.05) is 32.0 Å². The predicted octanol–water partition coefficient (Wildman–Crippen LogP) is 4.55. The Bertz CT molecular complexity index is 814. The monoisotopic (exact) mass is 463 g/mol. The minimum atomic E-state index is -0.300. The zero-order chi connectivity index (χ0) is 19.1. The first kappa shape index (κ1) is 20.1. The number of anilines is 1. The Morgan fingerprint density at radius 2 is 1.73 bits per heavy atom. The highest BCUT2D eigenvalue weighted by atomic mass is 127. The topological polar surface area (TPSA) is 70.6 Å². The van der Waals surface area contributed by atoms with Crippen LogP contribution < -0.4 is 10.7 Å². The molecule has 0 saturated heterocycles. The van der Waals surface area contributed by atoms with Gasteiger partial charge in [0.05, 0.1) is 6.42 Å². The third-order valence-electron chi connectivity index (χ3n) is 3.73. The zero-order valence-corrected chi connectivity index (χ0v) is 17.2. The predicted molar refractivity (Wildman–Crippen MR) is 114 cm³/mol. The van der Waals surface area contributed by atoms with E-state index in [9.17, 15) is 9.59 Å². The third kappa shape index (κ3) is 5.94. The molecule has 0 aromatic heterocycles. The van der Waals surface area contributed by atoms with Crippen LogP contribution in [0.2, 0.25) is 0 Å². The SMILES string of the molecule is CC(CC(=O)Nc1ccccc1C(C)C)=NNC(=O)c1ccc(I)cc1. The molecule has 2 rings (SSSR count). The Morgan fingerprint density at radius 3 is 2.38 bits per heavy atom. The molecule has 2 N–H and O–H groups in total. The molecule has 2 amide bonds. The van der Waals surface area contributed by atoms with Gasteiger partial charge in [-0.15, -0.1) is 0 Å². The fourth-order valence-corrected chi connectivity index (χ4v) is 2.75. The molecule has 5 nitrogen and oxygen atoms in total. The first-order valence-electron chi connectivity index (χ1n) is 8.34. The maximum atomic E-state index is 12.2. The molecular formula is C20H22IN3O2. The van der Waals surface area contributed by atoms with E-state index < -0.39 is 0 Å². The second kappa shape index (κ2) is 9.47. The highest BCUT2D eigenvalue weighted by Gasteiger charge is 2.10. The quantitative estimate of drug-likeness (QED) is 0.375. The van der Waals surface area contributed by atoms with Gasteiger partial charge in [-0.3, -0.25) is 9.59 Å². The van der Waals surface area contributed by atoms with Gasteiger partial charge >= 0.3 is 0 Å². The lowest BCUT2D eigenvalue weighted by atomic mass is 10.0. The van der Waals surface area contributed by atoms with E-state index >= 15 is 0 Å². The van der Waals surface area contributed by atoms with Crippen molar-refractivity contribution in [3.05, 3.63) is 63.2 Å². The van der Waals surface area contributed by atoms with E-state index in [0.717, 1.165) is 14.8 Å². The molecule has 0 fully saturated rings. The van der Waals surface area contributed by atoms with Crippen molar-refractivity contribution in [3.8, 4) is 0 Å². The van der Waals surface area contributed by atoms with Crippen molar-refractivity contribution in [3.63, 3.8) is 0 Å². The number of nitrogens with zero attached hydrogens (tertiary/aromatic N) is 1. The summed E-state index contributed by atoms with van der Waals surface area (Å²) >= 11 is 2.18. The molecule has 0 bridgehead atoms. The van der Waals surface area contributed by atoms with Crippen molar-refractivity contribution in [2.24, 2.45) is 5.10 Å². The van der Waals surface area contributed by atoms with Crippen LogP contribution in [0.4, 0.5) is 5.69 Å². The van der Waals surface area contributed by atoms with E-state index in [1.54, 1.807) is 19.1 Å². The summed E-state index contributed by atoms with van der Waals surface area (Å²) in [6.07, 6.45) is 0.111. The lowest BCUT2D eigenvalue weighted by Gasteiger charge is -2.13. The molecule has 2 aromatic carbocycles. The van der Waals surface area contributed by atoms with E-state index in [4.69, 9.17) is 0 Å². The molecule has 0 aliphatic carbocycles. The maximum absolute atomic E-state index is 12.2. The average Bonchev–Trinajstić information content (AvgIpc) is 2.60. The summed E-state index contributed by atoms with van der Waals surface area (Å²) in [6.45, 7) is 5.87. The highest BCUT2D eigenvalue weighted by Crippen LogP contribution is 2.23. The average molecular weight is 463 g/mol.